The fourth-order valence-corrected chi connectivity index (χ4v) is 4.98. The van der Waals surface area contributed by atoms with Crippen LogP contribution in [0.5, 0.6) is 23.0 Å². The number of aliphatic hydroxyl groups excluding tert-OH is 1. The number of ether oxygens (including phenoxy) is 4. The fraction of sp³-hybridized carbons (Fsp3) is 0.548. The molecule has 0 aliphatic rings. The van der Waals surface area contributed by atoms with Crippen LogP contribution >= 0.6 is 0 Å². The highest BCUT2D eigenvalue weighted by atomic mass is 16.5. The highest BCUT2D eigenvalue weighted by Gasteiger charge is 2.39. The topological polar surface area (TPSA) is 101 Å². The Bertz CT molecular complexity index is 1140. The van der Waals surface area contributed by atoms with Crippen molar-refractivity contribution in [2.75, 3.05) is 48.6 Å². The third kappa shape index (κ3) is 8.11. The summed E-state index contributed by atoms with van der Waals surface area (Å²) in [5.74, 6) is 2.52. The van der Waals surface area contributed by atoms with Crippen molar-refractivity contribution in [3.63, 3.8) is 0 Å². The van der Waals surface area contributed by atoms with Crippen molar-refractivity contribution in [1.29, 1.82) is 5.26 Å². The van der Waals surface area contributed by atoms with Crippen LogP contribution in [0.4, 0.5) is 0 Å². The maximum Gasteiger partial charge on any atom is 0.161 e. The van der Waals surface area contributed by atoms with Crippen molar-refractivity contribution in [1.82, 2.24) is 4.90 Å². The van der Waals surface area contributed by atoms with Crippen molar-refractivity contribution < 1.29 is 28.8 Å². The van der Waals surface area contributed by atoms with Gasteiger partial charge >= 0.3 is 0 Å². The lowest BCUT2D eigenvalue weighted by molar-refractivity contribution is -0.116. The summed E-state index contributed by atoms with van der Waals surface area (Å²) in [6.07, 6.45) is 1.34. The van der Waals surface area contributed by atoms with Crippen molar-refractivity contribution in [3.05, 3.63) is 47.0 Å². The van der Waals surface area contributed by atoms with Gasteiger partial charge in [-0.05, 0) is 80.1 Å². The first-order valence-corrected chi connectivity index (χ1v) is 13.3. The summed E-state index contributed by atoms with van der Waals surface area (Å²) in [7, 11) is 8.30. The molecule has 0 saturated heterocycles. The monoisotopic (exact) mass is 540 g/mol. The Morgan fingerprint density at radius 3 is 1.97 bits per heavy atom. The predicted octanol–water partition coefficient (Wildman–Crippen LogP) is 4.59. The van der Waals surface area contributed by atoms with Crippen LogP contribution in [0.1, 0.15) is 50.3 Å². The second-order valence-electron chi connectivity index (χ2n) is 10.4. The molecule has 2 aromatic carbocycles. The smallest absolute Gasteiger partial charge is 0.161 e. The number of hydrogen-bond donors (Lipinski definition) is 1. The molecule has 39 heavy (non-hydrogen) atoms. The molecule has 8 heteroatoms. The van der Waals surface area contributed by atoms with E-state index >= 15 is 0 Å². The summed E-state index contributed by atoms with van der Waals surface area (Å²) in [6.45, 7) is 6.67. The first kappa shape index (κ1) is 31.9. The zero-order valence-electron chi connectivity index (χ0n) is 24.7. The number of hydrogen-bond acceptors (Lipinski definition) is 8. The standard InChI is InChI=1S/C31H44N2O6/c1-21(2)31(20-32,25-11-12-27(36-5)30(17-25)39-8)18-26(35)19-33(4)14-13-24-16-29(38-7)28(37-6)15-23(24)10-9-22(3)34/h11-12,15-17,21,26,35H,9-10,13-14,18-19H2,1-8H3. The average Bonchev–Trinajstić information content (AvgIpc) is 2.92. The molecule has 0 fully saturated rings. The summed E-state index contributed by atoms with van der Waals surface area (Å²) in [4.78, 5) is 13.7. The summed E-state index contributed by atoms with van der Waals surface area (Å²) in [5, 5.41) is 21.5. The number of carbonyl (C=O) groups excluding carboxylic acids is 1. The van der Waals surface area contributed by atoms with Gasteiger partial charge in [0.05, 0.1) is 46.0 Å². The van der Waals surface area contributed by atoms with Crippen molar-refractivity contribution in [3.8, 4) is 29.1 Å². The van der Waals surface area contributed by atoms with E-state index in [1.54, 1.807) is 41.4 Å². The Morgan fingerprint density at radius 2 is 1.49 bits per heavy atom. The largest absolute Gasteiger partial charge is 0.493 e. The van der Waals surface area contributed by atoms with E-state index in [-0.39, 0.29) is 18.1 Å². The van der Waals surface area contributed by atoms with Crippen LogP contribution in [0.2, 0.25) is 0 Å². The maximum absolute atomic E-state index is 11.6. The number of benzene rings is 2. The zero-order chi connectivity index (χ0) is 29.2. The number of carbonyl (C=O) groups is 1. The van der Waals surface area contributed by atoms with E-state index in [0.717, 1.165) is 16.7 Å². The molecule has 0 bridgehead atoms. The molecule has 0 aromatic heterocycles. The summed E-state index contributed by atoms with van der Waals surface area (Å²) in [6, 6.07) is 11.9. The van der Waals surface area contributed by atoms with Gasteiger partial charge in [0.1, 0.15) is 5.78 Å². The second-order valence-corrected chi connectivity index (χ2v) is 10.4. The molecule has 2 atom stereocenters. The number of likely N-dealkylation sites (N-methyl/N-ethyl adjacent to an activating group) is 1. The van der Waals surface area contributed by atoms with Crippen LogP contribution in [0.15, 0.2) is 30.3 Å². The number of ketones is 1. The molecule has 0 aliphatic carbocycles. The van der Waals surface area contributed by atoms with Crippen molar-refractivity contribution in [2.45, 2.75) is 58.0 Å². The maximum atomic E-state index is 11.6. The summed E-state index contributed by atoms with van der Waals surface area (Å²) < 4.78 is 21.8. The van der Waals surface area contributed by atoms with Gasteiger partial charge in [-0.25, -0.2) is 0 Å². The molecular formula is C31H44N2O6. The quantitative estimate of drug-likeness (QED) is 0.330. The van der Waals surface area contributed by atoms with Crippen LogP contribution < -0.4 is 18.9 Å². The molecule has 0 spiro atoms. The van der Waals surface area contributed by atoms with Gasteiger partial charge in [-0.2, -0.15) is 5.26 Å². The highest BCUT2D eigenvalue weighted by Crippen LogP contribution is 2.40. The number of nitrogens with zero attached hydrogens (tertiary/aromatic N) is 2. The molecule has 0 amide bonds. The summed E-state index contributed by atoms with van der Waals surface area (Å²) in [5.41, 5.74) is 2.02. The van der Waals surface area contributed by atoms with Gasteiger partial charge < -0.3 is 33.7 Å². The Kier molecular flexibility index (Phi) is 12.1. The van der Waals surface area contributed by atoms with Gasteiger partial charge in [-0.1, -0.05) is 19.9 Å². The molecule has 1 N–H and O–H groups in total. The third-order valence-electron chi connectivity index (χ3n) is 7.38. The lowest BCUT2D eigenvalue weighted by Gasteiger charge is -2.34. The van der Waals surface area contributed by atoms with E-state index in [2.05, 4.69) is 11.0 Å². The normalized spacial score (nSPS) is 13.5. The molecule has 0 heterocycles. The van der Waals surface area contributed by atoms with Crippen LogP contribution in [-0.2, 0) is 23.1 Å². The van der Waals surface area contributed by atoms with Gasteiger partial charge in [0, 0.05) is 19.5 Å². The molecule has 0 radical (unpaired) electrons. The van der Waals surface area contributed by atoms with Gasteiger partial charge in [0.2, 0.25) is 0 Å². The van der Waals surface area contributed by atoms with Crippen LogP contribution in [0, 0.1) is 17.2 Å². The lowest BCUT2D eigenvalue weighted by atomic mass is 9.69. The molecule has 214 valence electrons. The van der Waals surface area contributed by atoms with Crippen LogP contribution in [0.25, 0.3) is 0 Å². The number of aryl methyl sites for hydroxylation is 1. The fourth-order valence-electron chi connectivity index (χ4n) is 4.98. The molecule has 8 nitrogen and oxygen atoms in total. The number of aliphatic hydroxyl groups is 1. The molecule has 0 aliphatic heterocycles. The molecule has 2 rings (SSSR count). The molecule has 2 unspecified atom stereocenters. The second kappa shape index (κ2) is 14.8. The average molecular weight is 541 g/mol. The van der Waals surface area contributed by atoms with Crippen LogP contribution in [0.3, 0.4) is 0 Å². The van der Waals surface area contributed by atoms with E-state index in [1.807, 2.05) is 45.2 Å². The Morgan fingerprint density at radius 1 is 0.949 bits per heavy atom. The SMILES string of the molecule is COc1ccc(C(C#N)(CC(O)CN(C)CCc2cc(OC)c(OC)cc2CCC(C)=O)C(C)C)cc1OC. The molecule has 2 aromatic rings. The van der Waals surface area contributed by atoms with Gasteiger partial charge in [-0.15, -0.1) is 0 Å². The Balaban J connectivity index is 2.19. The predicted molar refractivity (Wildman–Crippen MR) is 152 cm³/mol. The van der Waals surface area contributed by atoms with Crippen molar-refractivity contribution in [2.24, 2.45) is 5.92 Å². The minimum atomic E-state index is -0.900. The summed E-state index contributed by atoms with van der Waals surface area (Å²) >= 11 is 0. The molecule has 0 saturated carbocycles. The van der Waals surface area contributed by atoms with Gasteiger partial charge in [0.15, 0.2) is 23.0 Å². The van der Waals surface area contributed by atoms with E-state index < -0.39 is 11.5 Å². The number of Topliss-reactive ketones (excluding diaryl/α,β-unsaturated/α-hetero) is 1. The lowest BCUT2D eigenvalue weighted by Crippen LogP contribution is -2.39. The van der Waals surface area contributed by atoms with E-state index in [4.69, 9.17) is 18.9 Å². The Hall–Kier alpha value is -3.28. The van der Waals surface area contributed by atoms with Gasteiger partial charge in [-0.3, -0.25) is 0 Å². The van der Waals surface area contributed by atoms with Crippen LogP contribution in [-0.4, -0.2) is 70.5 Å². The van der Waals surface area contributed by atoms with E-state index in [9.17, 15) is 15.2 Å². The van der Waals surface area contributed by atoms with Crippen molar-refractivity contribution >= 4 is 5.78 Å². The number of nitriles is 1. The molecular weight excluding hydrogens is 496 g/mol. The zero-order valence-corrected chi connectivity index (χ0v) is 24.7. The van der Waals surface area contributed by atoms with E-state index in [1.165, 1.54) is 0 Å². The first-order chi connectivity index (χ1) is 18.5. The highest BCUT2D eigenvalue weighted by molar-refractivity contribution is 5.75. The minimum absolute atomic E-state index is 0.0452. The van der Waals surface area contributed by atoms with E-state index in [0.29, 0.717) is 55.4 Å². The van der Waals surface area contributed by atoms with Gasteiger partial charge in [0.25, 0.3) is 0 Å². The number of rotatable bonds is 16. The minimum Gasteiger partial charge on any atom is -0.493 e. The Labute approximate surface area is 233 Å². The third-order valence-corrected chi connectivity index (χ3v) is 7.38. The number of methoxy groups -OCH3 is 4. The first-order valence-electron chi connectivity index (χ1n) is 13.3.